The molecule has 1 aromatic rings. The van der Waals surface area contributed by atoms with Crippen LogP contribution in [0.5, 0.6) is 5.75 Å². The number of benzene rings is 1. The smallest absolute Gasteiger partial charge is 0.119 e. The molecule has 0 radical (unpaired) electrons. The van der Waals surface area contributed by atoms with E-state index >= 15 is 0 Å². The van der Waals surface area contributed by atoms with Crippen molar-refractivity contribution in [2.75, 3.05) is 26.2 Å². The molecule has 1 rings (SSSR count). The highest BCUT2D eigenvalue weighted by atomic mass is 16.5. The second kappa shape index (κ2) is 9.82. The molecular formula is C16H28N2O. The van der Waals surface area contributed by atoms with E-state index in [1.54, 1.807) is 0 Å². The minimum Gasteiger partial charge on any atom is -0.494 e. The van der Waals surface area contributed by atoms with Gasteiger partial charge in [-0.1, -0.05) is 32.4 Å². The lowest BCUT2D eigenvalue weighted by Crippen LogP contribution is -2.26. The predicted octanol–water partition coefficient (Wildman–Crippen LogP) is 3.04. The molecular weight excluding hydrogens is 236 g/mol. The molecule has 0 aliphatic heterocycles. The quantitative estimate of drug-likeness (QED) is 0.660. The first kappa shape index (κ1) is 16.0. The van der Waals surface area contributed by atoms with Gasteiger partial charge in [-0.2, -0.15) is 0 Å². The summed E-state index contributed by atoms with van der Waals surface area (Å²) in [6, 6.07) is 8.04. The molecule has 0 heterocycles. The van der Waals surface area contributed by atoms with Crippen LogP contribution in [0.25, 0.3) is 0 Å². The first-order valence-electron chi connectivity index (χ1n) is 7.44. The van der Waals surface area contributed by atoms with Crippen LogP contribution in [0.2, 0.25) is 0 Å². The van der Waals surface area contributed by atoms with Gasteiger partial charge in [0.1, 0.15) is 5.75 Å². The third-order valence-corrected chi connectivity index (χ3v) is 3.30. The van der Waals surface area contributed by atoms with E-state index in [0.29, 0.717) is 6.54 Å². The zero-order chi connectivity index (χ0) is 13.9. The van der Waals surface area contributed by atoms with Gasteiger partial charge >= 0.3 is 0 Å². The number of nitrogens with two attached hydrogens (primary N) is 1. The van der Waals surface area contributed by atoms with Crippen LogP contribution in [-0.4, -0.2) is 31.1 Å². The minimum atomic E-state index is 0.567. The fraction of sp³-hybridized carbons (Fsp3) is 0.625. The average Bonchev–Trinajstić information content (AvgIpc) is 2.47. The van der Waals surface area contributed by atoms with Gasteiger partial charge in [0.05, 0.1) is 6.61 Å². The second-order valence-corrected chi connectivity index (χ2v) is 4.84. The van der Waals surface area contributed by atoms with Gasteiger partial charge in [-0.3, -0.25) is 0 Å². The van der Waals surface area contributed by atoms with Crippen molar-refractivity contribution in [3.8, 4) is 5.75 Å². The molecule has 0 aromatic heterocycles. The first-order valence-corrected chi connectivity index (χ1v) is 7.44. The van der Waals surface area contributed by atoms with E-state index in [9.17, 15) is 0 Å². The van der Waals surface area contributed by atoms with Gasteiger partial charge < -0.3 is 15.4 Å². The fourth-order valence-electron chi connectivity index (χ4n) is 2.05. The largest absolute Gasteiger partial charge is 0.494 e. The molecule has 0 aliphatic rings. The van der Waals surface area contributed by atoms with Crippen LogP contribution >= 0.6 is 0 Å². The Labute approximate surface area is 117 Å². The van der Waals surface area contributed by atoms with E-state index in [1.807, 2.05) is 24.3 Å². The maximum absolute atomic E-state index is 5.77. The molecule has 0 fully saturated rings. The number of rotatable bonds is 10. The van der Waals surface area contributed by atoms with Crippen LogP contribution in [0, 0.1) is 0 Å². The molecule has 19 heavy (non-hydrogen) atoms. The number of ether oxygens (including phenoxy) is 1. The Morgan fingerprint density at radius 2 is 1.95 bits per heavy atom. The van der Waals surface area contributed by atoms with Crippen molar-refractivity contribution in [1.29, 1.82) is 0 Å². The molecule has 0 amide bonds. The summed E-state index contributed by atoms with van der Waals surface area (Å²) < 4.78 is 5.77. The molecule has 0 unspecified atom stereocenters. The number of hydrogen-bond acceptors (Lipinski definition) is 3. The lowest BCUT2D eigenvalue weighted by atomic mass is 10.2. The zero-order valence-corrected chi connectivity index (χ0v) is 12.4. The van der Waals surface area contributed by atoms with Crippen LogP contribution in [0.4, 0.5) is 0 Å². The second-order valence-electron chi connectivity index (χ2n) is 4.84. The third-order valence-electron chi connectivity index (χ3n) is 3.30. The molecule has 0 aliphatic carbocycles. The molecule has 0 spiro atoms. The summed E-state index contributed by atoms with van der Waals surface area (Å²) in [5.41, 5.74) is 6.74. The standard InChI is InChI=1S/C16H28N2O/c1-3-5-10-18(4-2)11-7-12-19-16-9-6-8-15(13-16)14-17/h6,8-9,13H,3-5,7,10-12,14,17H2,1-2H3. The van der Waals surface area contributed by atoms with Crippen molar-refractivity contribution >= 4 is 0 Å². The topological polar surface area (TPSA) is 38.5 Å². The van der Waals surface area contributed by atoms with Crippen molar-refractivity contribution in [3.05, 3.63) is 29.8 Å². The Morgan fingerprint density at radius 3 is 2.63 bits per heavy atom. The van der Waals surface area contributed by atoms with E-state index in [2.05, 4.69) is 18.7 Å². The molecule has 3 heteroatoms. The SMILES string of the molecule is CCCCN(CC)CCCOc1cccc(CN)c1. The number of hydrogen-bond donors (Lipinski definition) is 1. The molecule has 0 saturated heterocycles. The van der Waals surface area contributed by atoms with Crippen LogP contribution < -0.4 is 10.5 Å². The molecule has 0 saturated carbocycles. The van der Waals surface area contributed by atoms with Crippen molar-refractivity contribution in [3.63, 3.8) is 0 Å². The Bertz CT molecular complexity index is 341. The van der Waals surface area contributed by atoms with Gasteiger partial charge in [0.2, 0.25) is 0 Å². The average molecular weight is 264 g/mol. The fourth-order valence-corrected chi connectivity index (χ4v) is 2.05. The predicted molar refractivity (Wildman–Crippen MR) is 81.5 cm³/mol. The zero-order valence-electron chi connectivity index (χ0n) is 12.4. The molecule has 0 atom stereocenters. The monoisotopic (exact) mass is 264 g/mol. The van der Waals surface area contributed by atoms with Crippen molar-refractivity contribution < 1.29 is 4.74 Å². The molecule has 2 N–H and O–H groups in total. The van der Waals surface area contributed by atoms with E-state index < -0.39 is 0 Å². The van der Waals surface area contributed by atoms with Crippen molar-refractivity contribution in [1.82, 2.24) is 4.90 Å². The summed E-state index contributed by atoms with van der Waals surface area (Å²) in [7, 11) is 0. The first-order chi connectivity index (χ1) is 9.30. The maximum Gasteiger partial charge on any atom is 0.119 e. The van der Waals surface area contributed by atoms with E-state index in [0.717, 1.165) is 37.4 Å². The van der Waals surface area contributed by atoms with Crippen molar-refractivity contribution in [2.45, 2.75) is 39.7 Å². The highest BCUT2D eigenvalue weighted by Gasteiger charge is 2.01. The molecule has 3 nitrogen and oxygen atoms in total. The summed E-state index contributed by atoms with van der Waals surface area (Å²) in [5, 5.41) is 0. The van der Waals surface area contributed by atoms with Gasteiger partial charge in [0, 0.05) is 13.1 Å². The summed E-state index contributed by atoms with van der Waals surface area (Å²) in [4.78, 5) is 2.49. The summed E-state index contributed by atoms with van der Waals surface area (Å²) in [6.45, 7) is 9.25. The maximum atomic E-state index is 5.77. The van der Waals surface area contributed by atoms with Crippen LogP contribution in [-0.2, 0) is 6.54 Å². The Morgan fingerprint density at radius 1 is 1.16 bits per heavy atom. The normalized spacial score (nSPS) is 10.9. The highest BCUT2D eigenvalue weighted by Crippen LogP contribution is 2.13. The summed E-state index contributed by atoms with van der Waals surface area (Å²) >= 11 is 0. The van der Waals surface area contributed by atoms with E-state index in [1.165, 1.54) is 19.4 Å². The molecule has 0 bridgehead atoms. The minimum absolute atomic E-state index is 0.567. The van der Waals surface area contributed by atoms with E-state index in [4.69, 9.17) is 10.5 Å². The van der Waals surface area contributed by atoms with Gasteiger partial charge in [-0.05, 0) is 43.6 Å². The van der Waals surface area contributed by atoms with Crippen LogP contribution in [0.15, 0.2) is 24.3 Å². The van der Waals surface area contributed by atoms with Gasteiger partial charge in [-0.15, -0.1) is 0 Å². The Kier molecular flexibility index (Phi) is 8.26. The van der Waals surface area contributed by atoms with Crippen LogP contribution in [0.3, 0.4) is 0 Å². The lowest BCUT2D eigenvalue weighted by Gasteiger charge is -2.19. The van der Waals surface area contributed by atoms with Gasteiger partial charge in [-0.25, -0.2) is 0 Å². The van der Waals surface area contributed by atoms with Crippen molar-refractivity contribution in [2.24, 2.45) is 5.73 Å². The summed E-state index contributed by atoms with van der Waals surface area (Å²) in [5.74, 6) is 0.930. The Hall–Kier alpha value is -1.06. The number of unbranched alkanes of at least 4 members (excludes halogenated alkanes) is 1. The van der Waals surface area contributed by atoms with Gasteiger partial charge in [0.25, 0.3) is 0 Å². The molecule has 1 aromatic carbocycles. The summed E-state index contributed by atoms with van der Waals surface area (Å²) in [6.07, 6.45) is 3.62. The highest BCUT2D eigenvalue weighted by molar-refractivity contribution is 5.28. The lowest BCUT2D eigenvalue weighted by molar-refractivity contribution is 0.239. The molecule has 108 valence electrons. The third kappa shape index (κ3) is 6.60. The van der Waals surface area contributed by atoms with Gasteiger partial charge in [0.15, 0.2) is 0 Å². The Balaban J connectivity index is 2.21. The van der Waals surface area contributed by atoms with Crippen LogP contribution in [0.1, 0.15) is 38.7 Å². The number of nitrogens with zero attached hydrogens (tertiary/aromatic N) is 1. The van der Waals surface area contributed by atoms with E-state index in [-0.39, 0.29) is 0 Å².